The molecule has 0 aliphatic carbocycles. The van der Waals surface area contributed by atoms with Gasteiger partial charge in [-0.2, -0.15) is 5.10 Å². The molecule has 1 amide bonds. The minimum atomic E-state index is -0.748. The molecular weight excluding hydrogens is 338 g/mol. The summed E-state index contributed by atoms with van der Waals surface area (Å²) in [6.07, 6.45) is 2.25. The number of rotatable bonds is 7. The highest BCUT2D eigenvalue weighted by Gasteiger charge is 2.21. The van der Waals surface area contributed by atoms with E-state index in [2.05, 4.69) is 15.8 Å². The number of carbonyl (C=O) groups excluding carboxylic acids is 3. The molecule has 8 nitrogen and oxygen atoms in total. The molecule has 0 unspecified atom stereocenters. The Bertz CT molecular complexity index is 718. The van der Waals surface area contributed by atoms with Gasteiger partial charge in [0.1, 0.15) is 0 Å². The van der Waals surface area contributed by atoms with E-state index in [0.29, 0.717) is 18.5 Å². The van der Waals surface area contributed by atoms with Crippen LogP contribution in [0.5, 0.6) is 0 Å². The minimum absolute atomic E-state index is 0.0948. The molecule has 8 heteroatoms. The van der Waals surface area contributed by atoms with Crippen LogP contribution in [0.2, 0.25) is 0 Å². The Kier molecular flexibility index (Phi) is 6.90. The summed E-state index contributed by atoms with van der Waals surface area (Å²) in [6.45, 7) is 3.62. The zero-order chi connectivity index (χ0) is 18.9. The summed E-state index contributed by atoms with van der Waals surface area (Å²) < 4.78 is 9.74. The number of hydrazone groups is 1. The highest BCUT2D eigenvalue weighted by Crippen LogP contribution is 2.15. The van der Waals surface area contributed by atoms with Crippen molar-refractivity contribution >= 4 is 29.2 Å². The fraction of sp³-hybridized carbons (Fsp3) is 0.333. The zero-order valence-electron chi connectivity index (χ0n) is 14.7. The van der Waals surface area contributed by atoms with E-state index in [-0.39, 0.29) is 24.7 Å². The molecule has 0 saturated heterocycles. The summed E-state index contributed by atoms with van der Waals surface area (Å²) in [4.78, 5) is 34.9. The second-order valence-electron chi connectivity index (χ2n) is 5.31. The molecule has 2 rings (SSSR count). The van der Waals surface area contributed by atoms with Gasteiger partial charge in [-0.1, -0.05) is 12.1 Å². The summed E-state index contributed by atoms with van der Waals surface area (Å²) in [7, 11) is 0. The smallest absolute Gasteiger partial charge is 0.347 e. The van der Waals surface area contributed by atoms with E-state index in [1.807, 2.05) is 12.1 Å². The highest BCUT2D eigenvalue weighted by atomic mass is 16.6. The molecule has 0 atom stereocenters. The van der Waals surface area contributed by atoms with Gasteiger partial charge in [-0.25, -0.2) is 15.0 Å². The summed E-state index contributed by atoms with van der Waals surface area (Å²) in [5.41, 5.74) is 4.59. The van der Waals surface area contributed by atoms with Crippen LogP contribution in [0.25, 0.3) is 0 Å². The van der Waals surface area contributed by atoms with E-state index in [4.69, 9.17) is 9.47 Å². The molecule has 1 aromatic carbocycles. The number of hydrogen-bond acceptors (Lipinski definition) is 7. The molecule has 0 saturated carbocycles. The van der Waals surface area contributed by atoms with Crippen LogP contribution in [0, 0.1) is 0 Å². The van der Waals surface area contributed by atoms with E-state index in [0.717, 1.165) is 11.3 Å². The van der Waals surface area contributed by atoms with Gasteiger partial charge in [-0.3, -0.25) is 4.79 Å². The number of ether oxygens (including phenoxy) is 2. The van der Waals surface area contributed by atoms with E-state index in [9.17, 15) is 14.4 Å². The molecule has 0 fully saturated rings. The molecule has 1 aliphatic heterocycles. The van der Waals surface area contributed by atoms with E-state index in [1.54, 1.807) is 26.0 Å². The molecule has 26 heavy (non-hydrogen) atoms. The molecule has 0 aromatic heterocycles. The number of anilines is 1. The van der Waals surface area contributed by atoms with Crippen LogP contribution in [0.15, 0.2) is 41.1 Å². The number of nitrogens with zero attached hydrogens (tertiary/aromatic N) is 1. The van der Waals surface area contributed by atoms with Crippen LogP contribution < -0.4 is 10.7 Å². The summed E-state index contributed by atoms with van der Waals surface area (Å²) >= 11 is 0. The van der Waals surface area contributed by atoms with Gasteiger partial charge in [0, 0.05) is 24.7 Å². The fourth-order valence-corrected chi connectivity index (χ4v) is 2.22. The first-order valence-electron chi connectivity index (χ1n) is 8.32. The summed E-state index contributed by atoms with van der Waals surface area (Å²) in [5.74, 6) is -1.59. The van der Waals surface area contributed by atoms with E-state index < -0.39 is 11.9 Å². The number of hydrogen-bond donors (Lipinski definition) is 2. The van der Waals surface area contributed by atoms with Crippen LogP contribution in [0.3, 0.4) is 0 Å². The quantitative estimate of drug-likeness (QED) is 0.332. The summed E-state index contributed by atoms with van der Waals surface area (Å²) in [5, 5.41) is 6.92. The van der Waals surface area contributed by atoms with Crippen molar-refractivity contribution in [2.75, 3.05) is 18.5 Å². The first-order valence-corrected chi connectivity index (χ1v) is 8.32. The van der Waals surface area contributed by atoms with Gasteiger partial charge in [0.15, 0.2) is 5.57 Å². The monoisotopic (exact) mass is 359 g/mol. The van der Waals surface area contributed by atoms with Gasteiger partial charge in [-0.15, -0.1) is 0 Å². The Morgan fingerprint density at radius 1 is 1.12 bits per heavy atom. The Morgan fingerprint density at radius 2 is 1.73 bits per heavy atom. The SMILES string of the molecule is CCOC(=O)C(=CNc1ccc(C2=NNC(=O)CC2)cc1)C(=O)OCC. The molecule has 0 bridgehead atoms. The average Bonchev–Trinajstić information content (AvgIpc) is 2.63. The predicted molar refractivity (Wildman–Crippen MR) is 95.3 cm³/mol. The maximum absolute atomic E-state index is 11.9. The number of benzene rings is 1. The lowest BCUT2D eigenvalue weighted by molar-refractivity contribution is -0.146. The van der Waals surface area contributed by atoms with Crippen molar-refractivity contribution in [3.63, 3.8) is 0 Å². The van der Waals surface area contributed by atoms with E-state index in [1.165, 1.54) is 6.20 Å². The summed E-state index contributed by atoms with van der Waals surface area (Å²) in [6, 6.07) is 7.22. The van der Waals surface area contributed by atoms with Crippen LogP contribution >= 0.6 is 0 Å². The first-order chi connectivity index (χ1) is 12.5. The third-order valence-corrected chi connectivity index (χ3v) is 3.50. The maximum Gasteiger partial charge on any atom is 0.347 e. The first kappa shape index (κ1) is 19.2. The van der Waals surface area contributed by atoms with Crippen molar-refractivity contribution < 1.29 is 23.9 Å². The zero-order valence-corrected chi connectivity index (χ0v) is 14.7. The van der Waals surface area contributed by atoms with Gasteiger partial charge in [0.05, 0.1) is 18.9 Å². The lowest BCUT2D eigenvalue weighted by Crippen LogP contribution is -2.25. The normalized spacial score (nSPS) is 13.2. The number of nitrogens with one attached hydrogen (secondary N) is 2. The number of amides is 1. The average molecular weight is 359 g/mol. The lowest BCUT2D eigenvalue weighted by Gasteiger charge is -2.12. The number of esters is 2. The van der Waals surface area contributed by atoms with Gasteiger partial charge in [-0.05, 0) is 31.5 Å². The van der Waals surface area contributed by atoms with E-state index >= 15 is 0 Å². The van der Waals surface area contributed by atoms with Gasteiger partial charge in [0.25, 0.3) is 0 Å². The predicted octanol–water partition coefficient (Wildman–Crippen LogP) is 1.72. The highest BCUT2D eigenvalue weighted by molar-refractivity contribution is 6.14. The van der Waals surface area contributed by atoms with Crippen LogP contribution in [-0.2, 0) is 23.9 Å². The van der Waals surface area contributed by atoms with Crippen molar-refractivity contribution in [2.24, 2.45) is 5.10 Å². The van der Waals surface area contributed by atoms with Gasteiger partial charge >= 0.3 is 11.9 Å². The van der Waals surface area contributed by atoms with Crippen LogP contribution in [0.1, 0.15) is 32.3 Å². The standard InChI is InChI=1S/C18H21N3O5/c1-3-25-17(23)14(18(24)26-4-2)11-19-13-7-5-12(6-8-13)15-9-10-16(22)21-20-15/h5-8,11,19H,3-4,9-10H2,1-2H3,(H,21,22). The molecule has 138 valence electrons. The van der Waals surface area contributed by atoms with Crippen molar-refractivity contribution in [2.45, 2.75) is 26.7 Å². The lowest BCUT2D eigenvalue weighted by atomic mass is 10.0. The second-order valence-corrected chi connectivity index (χ2v) is 5.31. The Hall–Kier alpha value is -3.16. The Morgan fingerprint density at radius 3 is 2.23 bits per heavy atom. The topological polar surface area (TPSA) is 106 Å². The van der Waals surface area contributed by atoms with Gasteiger partial charge in [0.2, 0.25) is 5.91 Å². The third-order valence-electron chi connectivity index (χ3n) is 3.50. The molecule has 0 spiro atoms. The molecule has 1 aliphatic rings. The van der Waals surface area contributed by atoms with Crippen molar-refractivity contribution in [1.82, 2.24) is 5.43 Å². The van der Waals surface area contributed by atoms with Crippen LogP contribution in [0.4, 0.5) is 5.69 Å². The largest absolute Gasteiger partial charge is 0.462 e. The molecule has 2 N–H and O–H groups in total. The third kappa shape index (κ3) is 5.17. The Labute approximate surface area is 151 Å². The maximum atomic E-state index is 11.9. The fourth-order valence-electron chi connectivity index (χ4n) is 2.22. The van der Waals surface area contributed by atoms with Gasteiger partial charge < -0.3 is 14.8 Å². The molecule has 0 radical (unpaired) electrons. The van der Waals surface area contributed by atoms with Crippen LogP contribution in [-0.4, -0.2) is 36.8 Å². The molecule has 1 aromatic rings. The Balaban J connectivity index is 2.10. The van der Waals surface area contributed by atoms with Crippen molar-refractivity contribution in [1.29, 1.82) is 0 Å². The minimum Gasteiger partial charge on any atom is -0.462 e. The van der Waals surface area contributed by atoms with Crippen molar-refractivity contribution in [3.05, 3.63) is 41.6 Å². The molecule has 1 heterocycles. The number of carbonyl (C=O) groups is 3. The van der Waals surface area contributed by atoms with Crippen molar-refractivity contribution in [3.8, 4) is 0 Å². The molecular formula is C18H21N3O5. The second kappa shape index (κ2) is 9.36.